The molecule has 2 aliphatic heterocycles. The zero-order valence-electron chi connectivity index (χ0n) is 15.5. The predicted octanol–water partition coefficient (Wildman–Crippen LogP) is 4.08. The molecule has 0 saturated carbocycles. The highest BCUT2D eigenvalue weighted by Gasteiger charge is 2.53. The Morgan fingerprint density at radius 2 is 1.96 bits per heavy atom. The summed E-state index contributed by atoms with van der Waals surface area (Å²) in [7, 11) is 1.41. The molecule has 0 aliphatic carbocycles. The van der Waals surface area contributed by atoms with E-state index >= 15 is 0 Å². The molecule has 2 aliphatic rings. The number of carbonyl (C=O) groups is 2. The average Bonchev–Trinajstić information content (AvgIpc) is 2.94. The quantitative estimate of drug-likeness (QED) is 0.584. The number of aryl methyl sites for hydroxylation is 1. The molecule has 0 spiro atoms. The number of piperidine rings is 1. The lowest BCUT2D eigenvalue weighted by Crippen LogP contribution is -2.53. The molecule has 1 unspecified atom stereocenters. The second kappa shape index (κ2) is 7.87. The zero-order valence-corrected chi connectivity index (χ0v) is 16.2. The molecule has 0 N–H and O–H groups in total. The highest BCUT2D eigenvalue weighted by molar-refractivity contribution is 6.19. The molecule has 6 heteroatoms. The van der Waals surface area contributed by atoms with E-state index in [1.54, 1.807) is 11.8 Å². The van der Waals surface area contributed by atoms with Crippen LogP contribution in [0.2, 0.25) is 0 Å². The topological polar surface area (TPSA) is 55.8 Å². The number of nitrogens with zero attached hydrogens (tertiary/aromatic N) is 1. The van der Waals surface area contributed by atoms with E-state index in [9.17, 15) is 9.59 Å². The summed E-state index contributed by atoms with van der Waals surface area (Å²) in [5.74, 6) is -0.607. The fourth-order valence-electron chi connectivity index (χ4n) is 4.49. The molecular formula is C20H26ClNO4. The van der Waals surface area contributed by atoms with Gasteiger partial charge in [-0.3, -0.25) is 4.79 Å². The molecule has 1 aromatic rings. The van der Waals surface area contributed by atoms with Crippen molar-refractivity contribution >= 4 is 23.7 Å². The van der Waals surface area contributed by atoms with E-state index in [2.05, 4.69) is 31.2 Å². The lowest BCUT2D eigenvalue weighted by atomic mass is 9.76. The van der Waals surface area contributed by atoms with Crippen molar-refractivity contribution in [3.63, 3.8) is 0 Å². The van der Waals surface area contributed by atoms with Crippen molar-refractivity contribution in [2.75, 3.05) is 7.11 Å². The Labute approximate surface area is 159 Å². The molecule has 5 nitrogen and oxygen atoms in total. The fraction of sp³-hybridized carbons (Fsp3) is 0.600. The van der Waals surface area contributed by atoms with Crippen LogP contribution in [0.5, 0.6) is 0 Å². The number of benzene rings is 1. The number of hydrogen-bond donors (Lipinski definition) is 0. The number of fused-ring (bicyclic) bond motifs is 2. The van der Waals surface area contributed by atoms with Crippen molar-refractivity contribution in [3.05, 3.63) is 35.4 Å². The first-order valence-electron chi connectivity index (χ1n) is 9.26. The van der Waals surface area contributed by atoms with Gasteiger partial charge in [-0.25, -0.2) is 4.79 Å². The molecule has 26 heavy (non-hydrogen) atoms. The molecule has 2 fully saturated rings. The van der Waals surface area contributed by atoms with Gasteiger partial charge in [-0.15, -0.1) is 0 Å². The molecule has 2 heterocycles. The third-order valence-electron chi connectivity index (χ3n) is 5.68. The van der Waals surface area contributed by atoms with Crippen molar-refractivity contribution in [1.82, 2.24) is 4.90 Å². The van der Waals surface area contributed by atoms with Gasteiger partial charge < -0.3 is 14.4 Å². The molecule has 142 valence electrons. The van der Waals surface area contributed by atoms with Gasteiger partial charge in [-0.1, -0.05) is 42.8 Å². The summed E-state index contributed by atoms with van der Waals surface area (Å²) in [6, 6.07) is 8.30. The maximum Gasteiger partial charge on any atom is 0.411 e. The van der Waals surface area contributed by atoms with E-state index in [0.29, 0.717) is 0 Å². The van der Waals surface area contributed by atoms with Gasteiger partial charge in [-0.05, 0) is 43.7 Å². The highest BCUT2D eigenvalue weighted by Crippen LogP contribution is 2.47. The minimum absolute atomic E-state index is 0.0448. The van der Waals surface area contributed by atoms with Crippen LogP contribution in [0.15, 0.2) is 24.3 Å². The molecule has 0 aromatic heterocycles. The van der Waals surface area contributed by atoms with E-state index in [0.717, 1.165) is 31.2 Å². The van der Waals surface area contributed by atoms with Gasteiger partial charge in [0.1, 0.15) is 0 Å². The van der Waals surface area contributed by atoms with Gasteiger partial charge in [0.2, 0.25) is 0 Å². The van der Waals surface area contributed by atoms with Crippen LogP contribution in [0.4, 0.5) is 4.79 Å². The normalized spacial score (nSPS) is 28.5. The van der Waals surface area contributed by atoms with Crippen molar-refractivity contribution < 1.29 is 19.1 Å². The first kappa shape index (κ1) is 19.0. The van der Waals surface area contributed by atoms with Crippen LogP contribution in [0.25, 0.3) is 0 Å². The smallest absolute Gasteiger partial charge is 0.411 e. The monoisotopic (exact) mass is 379 g/mol. The summed E-state index contributed by atoms with van der Waals surface area (Å²) in [6.07, 6.45) is 2.92. The van der Waals surface area contributed by atoms with Crippen LogP contribution in [0, 0.1) is 5.92 Å². The van der Waals surface area contributed by atoms with Crippen molar-refractivity contribution in [2.24, 2.45) is 5.92 Å². The molecule has 3 rings (SSSR count). The molecule has 2 bridgehead atoms. The predicted molar refractivity (Wildman–Crippen MR) is 99.1 cm³/mol. The molecule has 5 atom stereocenters. The van der Waals surface area contributed by atoms with Crippen LogP contribution in [0.1, 0.15) is 50.2 Å². The Hall–Kier alpha value is -1.75. The Balaban J connectivity index is 1.90. The number of ether oxygens (including phenoxy) is 2. The van der Waals surface area contributed by atoms with Crippen LogP contribution >= 0.6 is 11.6 Å². The van der Waals surface area contributed by atoms with Crippen LogP contribution in [-0.2, 0) is 20.7 Å². The molecular weight excluding hydrogens is 354 g/mol. The van der Waals surface area contributed by atoms with Crippen molar-refractivity contribution in [1.29, 1.82) is 0 Å². The van der Waals surface area contributed by atoms with Crippen molar-refractivity contribution in [3.8, 4) is 0 Å². The Kier molecular flexibility index (Phi) is 5.76. The number of hydrogen-bond acceptors (Lipinski definition) is 4. The van der Waals surface area contributed by atoms with Gasteiger partial charge in [0.15, 0.2) is 5.56 Å². The summed E-state index contributed by atoms with van der Waals surface area (Å²) >= 11 is 5.83. The van der Waals surface area contributed by atoms with Gasteiger partial charge in [0.05, 0.1) is 13.0 Å². The largest absolute Gasteiger partial charge is 0.469 e. The second-order valence-electron chi connectivity index (χ2n) is 7.12. The highest BCUT2D eigenvalue weighted by atomic mass is 35.5. The maximum absolute atomic E-state index is 12.6. The second-order valence-corrected chi connectivity index (χ2v) is 7.73. The Morgan fingerprint density at radius 1 is 1.27 bits per heavy atom. The first-order chi connectivity index (χ1) is 12.5. The van der Waals surface area contributed by atoms with E-state index < -0.39 is 11.7 Å². The standard InChI is InChI=1S/C20H26ClNO4/c1-4-13-5-7-14(8-6-13)16-11-15-9-10-17(18(16)19(23)25-3)22(15)20(24)26-12(2)21/h5-8,12,15-18H,4,9-11H2,1-3H3/t12?,15-,16+,17+,18-/m0/s1. The van der Waals surface area contributed by atoms with Crippen LogP contribution in [-0.4, -0.2) is 41.7 Å². The van der Waals surface area contributed by atoms with E-state index in [-0.39, 0.29) is 29.9 Å². The van der Waals surface area contributed by atoms with Crippen molar-refractivity contribution in [2.45, 2.75) is 63.1 Å². The number of carbonyl (C=O) groups excluding carboxylic acids is 2. The number of halogens is 1. The number of methoxy groups -OCH3 is 1. The maximum atomic E-state index is 12.6. The lowest BCUT2D eigenvalue weighted by molar-refractivity contribution is -0.150. The first-order valence-corrected chi connectivity index (χ1v) is 9.69. The zero-order chi connectivity index (χ0) is 18.8. The number of rotatable bonds is 4. The fourth-order valence-corrected chi connectivity index (χ4v) is 4.57. The van der Waals surface area contributed by atoms with Crippen LogP contribution < -0.4 is 0 Å². The Morgan fingerprint density at radius 3 is 2.54 bits per heavy atom. The molecule has 1 aromatic carbocycles. The lowest BCUT2D eigenvalue weighted by Gasteiger charge is -2.43. The number of alkyl halides is 1. The summed E-state index contributed by atoms with van der Waals surface area (Å²) in [4.78, 5) is 26.9. The number of amides is 1. The summed E-state index contributed by atoms with van der Waals surface area (Å²) < 4.78 is 10.3. The van der Waals surface area contributed by atoms with E-state index in [1.807, 2.05) is 0 Å². The van der Waals surface area contributed by atoms with E-state index in [4.69, 9.17) is 21.1 Å². The number of esters is 1. The van der Waals surface area contributed by atoms with E-state index in [1.165, 1.54) is 12.7 Å². The summed E-state index contributed by atoms with van der Waals surface area (Å²) in [5.41, 5.74) is 1.70. The van der Waals surface area contributed by atoms with Gasteiger partial charge in [0.25, 0.3) is 0 Å². The molecule has 1 amide bonds. The molecule has 2 saturated heterocycles. The minimum Gasteiger partial charge on any atom is -0.469 e. The van der Waals surface area contributed by atoms with Gasteiger partial charge >= 0.3 is 12.1 Å². The third kappa shape index (κ3) is 3.54. The third-order valence-corrected chi connectivity index (χ3v) is 5.77. The van der Waals surface area contributed by atoms with Gasteiger partial charge in [0, 0.05) is 18.0 Å². The minimum atomic E-state index is -0.696. The Bertz CT molecular complexity index is 660. The van der Waals surface area contributed by atoms with Crippen LogP contribution in [0.3, 0.4) is 0 Å². The average molecular weight is 380 g/mol. The summed E-state index contributed by atoms with van der Waals surface area (Å²) in [5, 5.41) is 0. The summed E-state index contributed by atoms with van der Waals surface area (Å²) in [6.45, 7) is 3.73. The van der Waals surface area contributed by atoms with Gasteiger partial charge in [-0.2, -0.15) is 0 Å². The SMILES string of the molecule is CCc1ccc([C@H]2C[C@@H]3CC[C@H]([C@H]2C(=O)OC)N3C(=O)OC(C)Cl)cc1. The molecule has 0 radical (unpaired) electrons.